The van der Waals surface area contributed by atoms with Crippen molar-refractivity contribution in [1.29, 1.82) is 0 Å². The molecule has 1 aromatic heterocycles. The fourth-order valence-electron chi connectivity index (χ4n) is 4.47. The van der Waals surface area contributed by atoms with Gasteiger partial charge in [-0.2, -0.15) is 0 Å². The highest BCUT2D eigenvalue weighted by molar-refractivity contribution is 5.93. The van der Waals surface area contributed by atoms with Crippen molar-refractivity contribution in [2.75, 3.05) is 19.9 Å². The molecule has 2 aliphatic heterocycles. The van der Waals surface area contributed by atoms with Gasteiger partial charge in [-0.15, -0.1) is 0 Å². The zero-order chi connectivity index (χ0) is 21.9. The molecule has 0 saturated heterocycles. The minimum absolute atomic E-state index is 0.00196. The van der Waals surface area contributed by atoms with Gasteiger partial charge in [0.25, 0.3) is 5.91 Å². The Labute approximate surface area is 187 Å². The van der Waals surface area contributed by atoms with E-state index in [1.54, 1.807) is 24.5 Å². The SMILES string of the molecule is O=C(c1cccnc1)N1CCCc2cc3c(cc2CCc2cc(ccc2O)CC1)OCO3. The Bertz CT molecular complexity index is 1130. The third kappa shape index (κ3) is 4.26. The summed E-state index contributed by atoms with van der Waals surface area (Å²) in [5, 5.41) is 10.4. The highest BCUT2D eigenvalue weighted by Crippen LogP contribution is 2.36. The molecule has 32 heavy (non-hydrogen) atoms. The number of amides is 1. The van der Waals surface area contributed by atoms with Crippen molar-refractivity contribution in [1.82, 2.24) is 9.88 Å². The number of benzene rings is 2. The highest BCUT2D eigenvalue weighted by Gasteiger charge is 2.20. The maximum Gasteiger partial charge on any atom is 0.255 e. The van der Waals surface area contributed by atoms with Gasteiger partial charge in [-0.25, -0.2) is 0 Å². The van der Waals surface area contributed by atoms with Gasteiger partial charge in [-0.05, 0) is 84.7 Å². The molecular formula is C26H26N2O4. The van der Waals surface area contributed by atoms with Crippen LogP contribution in [-0.2, 0) is 25.7 Å². The molecule has 2 aliphatic rings. The van der Waals surface area contributed by atoms with Crippen LogP contribution in [0.15, 0.2) is 54.9 Å². The number of aryl methyl sites for hydroxylation is 3. The van der Waals surface area contributed by atoms with E-state index in [0.29, 0.717) is 24.4 Å². The van der Waals surface area contributed by atoms with Crippen LogP contribution < -0.4 is 9.47 Å². The molecule has 5 rings (SSSR count). The van der Waals surface area contributed by atoms with Crippen LogP contribution in [-0.4, -0.2) is 40.8 Å². The minimum atomic E-state index is -0.00196. The lowest BCUT2D eigenvalue weighted by atomic mass is 9.95. The summed E-state index contributed by atoms with van der Waals surface area (Å²) < 4.78 is 11.2. The number of ether oxygens (including phenoxy) is 2. The van der Waals surface area contributed by atoms with Crippen LogP contribution in [0.5, 0.6) is 17.2 Å². The first kappa shape index (κ1) is 20.4. The third-order valence-corrected chi connectivity index (χ3v) is 6.24. The summed E-state index contributed by atoms with van der Waals surface area (Å²) in [6.45, 7) is 1.52. The Balaban J connectivity index is 1.47. The fourth-order valence-corrected chi connectivity index (χ4v) is 4.47. The summed E-state index contributed by atoms with van der Waals surface area (Å²) in [5.74, 6) is 1.87. The van der Waals surface area contributed by atoms with Crippen molar-refractivity contribution >= 4 is 5.91 Å². The quantitative estimate of drug-likeness (QED) is 0.633. The first-order valence-corrected chi connectivity index (χ1v) is 11.1. The molecule has 6 nitrogen and oxygen atoms in total. The molecule has 3 aromatic rings. The summed E-state index contributed by atoms with van der Waals surface area (Å²) in [7, 11) is 0. The maximum absolute atomic E-state index is 13.2. The largest absolute Gasteiger partial charge is 0.508 e. The lowest BCUT2D eigenvalue weighted by molar-refractivity contribution is 0.0755. The molecule has 0 atom stereocenters. The number of phenols is 1. The van der Waals surface area contributed by atoms with Crippen LogP contribution in [0.3, 0.4) is 0 Å². The number of hydrogen-bond acceptors (Lipinski definition) is 5. The van der Waals surface area contributed by atoms with Gasteiger partial charge in [-0.1, -0.05) is 12.1 Å². The second kappa shape index (κ2) is 8.91. The highest BCUT2D eigenvalue weighted by atomic mass is 16.7. The van der Waals surface area contributed by atoms with Gasteiger partial charge in [0.15, 0.2) is 11.5 Å². The lowest BCUT2D eigenvalue weighted by Gasteiger charge is -2.23. The molecule has 0 unspecified atom stereocenters. The lowest BCUT2D eigenvalue weighted by Crippen LogP contribution is -2.34. The van der Waals surface area contributed by atoms with Gasteiger partial charge in [0, 0.05) is 25.5 Å². The van der Waals surface area contributed by atoms with Gasteiger partial charge in [0.1, 0.15) is 5.75 Å². The molecule has 164 valence electrons. The standard InChI is InChI=1S/C26H26N2O4/c29-23-8-5-18-9-12-28(26(30)22-3-1-10-27-16-22)11-2-4-19-14-24-25(32-17-31-24)15-20(19)6-7-21(23)13-18/h1,3,5,8,10,13-16,29H,2,4,6-7,9,11-12,17H2. The van der Waals surface area contributed by atoms with Gasteiger partial charge in [0.05, 0.1) is 5.56 Å². The fraction of sp³-hybridized carbons (Fsp3) is 0.308. The number of rotatable bonds is 1. The second-order valence-electron chi connectivity index (χ2n) is 8.32. The number of nitrogens with zero attached hydrogens (tertiary/aromatic N) is 2. The van der Waals surface area contributed by atoms with Gasteiger partial charge >= 0.3 is 0 Å². The molecule has 0 fully saturated rings. The third-order valence-electron chi connectivity index (χ3n) is 6.24. The summed E-state index contributed by atoms with van der Waals surface area (Å²) in [6, 6.07) is 13.5. The van der Waals surface area contributed by atoms with Crippen LogP contribution >= 0.6 is 0 Å². The van der Waals surface area contributed by atoms with Crippen molar-refractivity contribution in [2.24, 2.45) is 0 Å². The van der Waals surface area contributed by atoms with Gasteiger partial charge < -0.3 is 19.5 Å². The number of fused-ring (bicyclic) bond motifs is 4. The average Bonchev–Trinajstić information content (AvgIpc) is 3.28. The van der Waals surface area contributed by atoms with E-state index in [9.17, 15) is 9.90 Å². The predicted molar refractivity (Wildman–Crippen MR) is 120 cm³/mol. The van der Waals surface area contributed by atoms with E-state index in [1.807, 2.05) is 17.0 Å². The van der Waals surface area contributed by atoms with Gasteiger partial charge in [0.2, 0.25) is 6.79 Å². The first-order chi connectivity index (χ1) is 15.7. The van der Waals surface area contributed by atoms with Gasteiger partial charge in [-0.3, -0.25) is 9.78 Å². The summed E-state index contributed by atoms with van der Waals surface area (Å²) in [6.07, 6.45) is 7.27. The van der Waals surface area contributed by atoms with Crippen LogP contribution in [0, 0.1) is 0 Å². The van der Waals surface area contributed by atoms with E-state index in [1.165, 1.54) is 11.1 Å². The van der Waals surface area contributed by atoms with Crippen molar-refractivity contribution in [2.45, 2.75) is 32.1 Å². The number of aromatic hydroxyl groups is 1. The smallest absolute Gasteiger partial charge is 0.255 e. The molecule has 6 heteroatoms. The van der Waals surface area contributed by atoms with Crippen molar-refractivity contribution in [3.8, 4) is 17.2 Å². The van der Waals surface area contributed by atoms with Crippen LogP contribution in [0.1, 0.15) is 39.0 Å². The normalized spacial score (nSPS) is 15.8. The predicted octanol–water partition coefficient (Wildman–Crippen LogP) is 3.93. The Hall–Kier alpha value is -3.54. The molecular weight excluding hydrogens is 404 g/mol. The first-order valence-electron chi connectivity index (χ1n) is 11.1. The summed E-state index contributed by atoms with van der Waals surface area (Å²) in [4.78, 5) is 19.2. The van der Waals surface area contributed by atoms with E-state index in [0.717, 1.165) is 54.7 Å². The zero-order valence-electron chi connectivity index (χ0n) is 17.9. The van der Waals surface area contributed by atoms with E-state index >= 15 is 0 Å². The zero-order valence-corrected chi connectivity index (χ0v) is 17.9. The van der Waals surface area contributed by atoms with Crippen molar-refractivity contribution < 1.29 is 19.4 Å². The topological polar surface area (TPSA) is 71.9 Å². The van der Waals surface area contributed by atoms with Crippen LogP contribution in [0.25, 0.3) is 0 Å². The molecule has 0 radical (unpaired) electrons. The number of phenolic OH excluding ortho intramolecular Hbond substituents is 1. The van der Waals surface area contributed by atoms with E-state index in [4.69, 9.17) is 9.47 Å². The molecule has 1 amide bonds. The molecule has 3 heterocycles. The molecule has 0 aliphatic carbocycles. The Morgan fingerprint density at radius 1 is 0.906 bits per heavy atom. The summed E-state index contributed by atoms with van der Waals surface area (Å²) in [5.41, 5.74) is 5.05. The Morgan fingerprint density at radius 3 is 2.47 bits per heavy atom. The van der Waals surface area contributed by atoms with E-state index < -0.39 is 0 Å². The van der Waals surface area contributed by atoms with Crippen LogP contribution in [0.2, 0.25) is 0 Å². The van der Waals surface area contributed by atoms with Crippen molar-refractivity contribution in [3.63, 3.8) is 0 Å². The Morgan fingerprint density at radius 2 is 1.69 bits per heavy atom. The van der Waals surface area contributed by atoms with E-state index in [2.05, 4.69) is 23.2 Å². The minimum Gasteiger partial charge on any atom is -0.508 e. The molecule has 0 spiro atoms. The molecule has 2 bridgehead atoms. The number of carbonyl (C=O) groups excluding carboxylic acids is 1. The number of pyridine rings is 1. The Kier molecular flexibility index (Phi) is 5.67. The number of hydrogen-bond donors (Lipinski definition) is 1. The van der Waals surface area contributed by atoms with Crippen LogP contribution in [0.4, 0.5) is 0 Å². The number of aromatic nitrogens is 1. The molecule has 1 N–H and O–H groups in total. The average molecular weight is 431 g/mol. The summed E-state index contributed by atoms with van der Waals surface area (Å²) >= 11 is 0. The van der Waals surface area contributed by atoms with E-state index in [-0.39, 0.29) is 12.7 Å². The second-order valence-corrected chi connectivity index (χ2v) is 8.32. The van der Waals surface area contributed by atoms with Crippen molar-refractivity contribution in [3.05, 3.63) is 82.7 Å². The molecule has 0 saturated carbocycles. The molecule has 2 aromatic carbocycles. The monoisotopic (exact) mass is 430 g/mol. The maximum atomic E-state index is 13.2. The number of carbonyl (C=O) groups is 1.